The van der Waals surface area contributed by atoms with E-state index in [0.29, 0.717) is 22.7 Å². The molecule has 2 heterocycles. The minimum Gasteiger partial charge on any atom is -0.453 e. The van der Waals surface area contributed by atoms with Crippen LogP contribution in [0.5, 0.6) is 11.5 Å². The summed E-state index contributed by atoms with van der Waals surface area (Å²) in [5.41, 5.74) is 1.00. The highest BCUT2D eigenvalue weighted by Gasteiger charge is 2.11. The van der Waals surface area contributed by atoms with E-state index in [1.54, 1.807) is 37.4 Å². The van der Waals surface area contributed by atoms with Gasteiger partial charge in [0.15, 0.2) is 11.4 Å². The molecular formula is C16H17N3O4. The largest absolute Gasteiger partial charge is 0.453 e. The molecule has 120 valence electrons. The van der Waals surface area contributed by atoms with Crippen LogP contribution in [0.3, 0.4) is 0 Å². The van der Waals surface area contributed by atoms with Crippen LogP contribution in [0, 0.1) is 0 Å². The molecule has 0 radical (unpaired) electrons. The third kappa shape index (κ3) is 3.57. The number of ether oxygens (including phenoxy) is 1. The van der Waals surface area contributed by atoms with Gasteiger partial charge in [-0.1, -0.05) is 19.9 Å². The lowest BCUT2D eigenvalue weighted by molar-refractivity contribution is 0.0963. The Bertz CT molecular complexity index is 867. The van der Waals surface area contributed by atoms with Crippen molar-refractivity contribution >= 4 is 17.1 Å². The lowest BCUT2D eigenvalue weighted by atomic mass is 10.2. The summed E-state index contributed by atoms with van der Waals surface area (Å²) in [5, 5.41) is 2.54. The lowest BCUT2D eigenvalue weighted by Gasteiger charge is -2.07. The summed E-state index contributed by atoms with van der Waals surface area (Å²) >= 11 is 0. The number of aromatic amines is 1. The molecule has 1 amide bonds. The minimum atomic E-state index is -0.604. The van der Waals surface area contributed by atoms with E-state index in [0.717, 1.165) is 0 Å². The second-order valence-corrected chi connectivity index (χ2v) is 4.21. The summed E-state index contributed by atoms with van der Waals surface area (Å²) in [4.78, 5) is 29.2. The number of hydrogen-bond acceptors (Lipinski definition) is 5. The topological polar surface area (TPSA) is 97.2 Å². The number of oxazole rings is 1. The zero-order chi connectivity index (χ0) is 16.8. The van der Waals surface area contributed by atoms with Crippen molar-refractivity contribution in [1.29, 1.82) is 0 Å². The molecule has 23 heavy (non-hydrogen) atoms. The second kappa shape index (κ2) is 7.26. The molecule has 7 heteroatoms. The van der Waals surface area contributed by atoms with Crippen molar-refractivity contribution in [3.8, 4) is 11.5 Å². The zero-order valence-corrected chi connectivity index (χ0v) is 13.0. The first-order valence-electron chi connectivity index (χ1n) is 7.15. The van der Waals surface area contributed by atoms with Crippen LogP contribution in [0.25, 0.3) is 11.2 Å². The van der Waals surface area contributed by atoms with Gasteiger partial charge < -0.3 is 14.5 Å². The Hall–Kier alpha value is -3.09. The highest BCUT2D eigenvalue weighted by Crippen LogP contribution is 2.27. The van der Waals surface area contributed by atoms with E-state index < -0.39 is 5.76 Å². The van der Waals surface area contributed by atoms with E-state index in [2.05, 4.69) is 15.3 Å². The number of nitrogens with zero attached hydrogens (tertiary/aromatic N) is 1. The molecule has 2 N–H and O–H groups in total. The average Bonchev–Trinajstić information content (AvgIpc) is 2.97. The van der Waals surface area contributed by atoms with E-state index >= 15 is 0 Å². The highest BCUT2D eigenvalue weighted by molar-refractivity contribution is 5.94. The fraction of sp³-hybridized carbons (Fsp3) is 0.188. The Morgan fingerprint density at radius 1 is 1.30 bits per heavy atom. The second-order valence-electron chi connectivity index (χ2n) is 4.21. The first kappa shape index (κ1) is 16.3. The number of carbonyl (C=O) groups is 1. The number of aromatic nitrogens is 2. The Balaban J connectivity index is 0.000000924. The van der Waals surface area contributed by atoms with Crippen molar-refractivity contribution in [1.82, 2.24) is 15.3 Å². The molecule has 0 saturated carbocycles. The molecule has 3 aromatic rings. The number of H-pyrrole nitrogens is 1. The predicted molar refractivity (Wildman–Crippen MR) is 85.9 cm³/mol. The van der Waals surface area contributed by atoms with E-state index in [4.69, 9.17) is 9.15 Å². The number of amides is 1. The summed E-state index contributed by atoms with van der Waals surface area (Å²) in [6.45, 7) is 4.00. The van der Waals surface area contributed by atoms with Crippen molar-refractivity contribution < 1.29 is 13.9 Å². The van der Waals surface area contributed by atoms with Crippen LogP contribution in [0.1, 0.15) is 24.2 Å². The third-order valence-corrected chi connectivity index (χ3v) is 2.83. The SMILES string of the molecule is CC.CNC(=O)c1cccc(Oc2ccnc3[nH]c(=O)oc23)c1. The van der Waals surface area contributed by atoms with Crippen molar-refractivity contribution in [2.24, 2.45) is 0 Å². The maximum atomic E-state index is 11.6. The Kier molecular flexibility index (Phi) is 5.14. The summed E-state index contributed by atoms with van der Waals surface area (Å²) in [5.74, 6) is -0.0268. The van der Waals surface area contributed by atoms with Gasteiger partial charge in [-0.25, -0.2) is 9.78 Å². The van der Waals surface area contributed by atoms with Crippen molar-refractivity contribution in [3.05, 3.63) is 52.6 Å². The number of fused-ring (bicyclic) bond motifs is 1. The number of pyridine rings is 1. The average molecular weight is 315 g/mol. The van der Waals surface area contributed by atoms with Gasteiger partial charge in [0.25, 0.3) is 5.91 Å². The fourth-order valence-electron chi connectivity index (χ4n) is 1.89. The molecule has 3 rings (SSSR count). The van der Waals surface area contributed by atoms with Crippen LogP contribution in [0.4, 0.5) is 0 Å². The molecular weight excluding hydrogens is 298 g/mol. The van der Waals surface area contributed by atoms with Crippen molar-refractivity contribution in [2.75, 3.05) is 7.05 Å². The van der Waals surface area contributed by atoms with Gasteiger partial charge in [0.05, 0.1) is 0 Å². The molecule has 0 fully saturated rings. The van der Waals surface area contributed by atoms with E-state index in [9.17, 15) is 9.59 Å². The summed E-state index contributed by atoms with van der Waals surface area (Å²) < 4.78 is 10.7. The predicted octanol–water partition coefficient (Wildman–Crippen LogP) is 2.69. The first-order chi connectivity index (χ1) is 11.2. The van der Waals surface area contributed by atoms with Gasteiger partial charge in [0.1, 0.15) is 5.75 Å². The van der Waals surface area contributed by atoms with Gasteiger partial charge in [0, 0.05) is 24.9 Å². The first-order valence-corrected chi connectivity index (χ1v) is 7.15. The maximum Gasteiger partial charge on any atom is 0.418 e. The van der Waals surface area contributed by atoms with Crippen LogP contribution in [0.15, 0.2) is 45.7 Å². The zero-order valence-electron chi connectivity index (χ0n) is 13.0. The summed E-state index contributed by atoms with van der Waals surface area (Å²) in [6.07, 6.45) is 1.49. The van der Waals surface area contributed by atoms with Gasteiger partial charge in [-0.3, -0.25) is 9.78 Å². The van der Waals surface area contributed by atoms with Crippen LogP contribution in [0.2, 0.25) is 0 Å². The number of carbonyl (C=O) groups excluding carboxylic acids is 1. The molecule has 0 saturated heterocycles. The van der Waals surface area contributed by atoms with Gasteiger partial charge in [0.2, 0.25) is 5.58 Å². The Morgan fingerprint density at radius 2 is 2.09 bits per heavy atom. The number of nitrogens with one attached hydrogen (secondary N) is 2. The van der Waals surface area contributed by atoms with E-state index in [1.807, 2.05) is 13.8 Å². The van der Waals surface area contributed by atoms with Crippen molar-refractivity contribution in [2.45, 2.75) is 13.8 Å². The normalized spacial score (nSPS) is 9.87. The molecule has 0 aliphatic rings. The molecule has 0 atom stereocenters. The monoisotopic (exact) mass is 315 g/mol. The smallest absolute Gasteiger partial charge is 0.418 e. The maximum absolute atomic E-state index is 11.6. The quantitative estimate of drug-likeness (QED) is 0.774. The summed E-state index contributed by atoms with van der Waals surface area (Å²) in [6, 6.07) is 8.24. The van der Waals surface area contributed by atoms with Gasteiger partial charge in [-0.15, -0.1) is 0 Å². The Labute approximate surface area is 132 Å². The molecule has 0 spiro atoms. The van der Waals surface area contributed by atoms with E-state index in [1.165, 1.54) is 6.20 Å². The van der Waals surface area contributed by atoms with Gasteiger partial charge in [-0.05, 0) is 18.2 Å². The molecule has 0 unspecified atom stereocenters. The van der Waals surface area contributed by atoms with Crippen LogP contribution in [-0.2, 0) is 0 Å². The molecule has 7 nitrogen and oxygen atoms in total. The Morgan fingerprint density at radius 3 is 2.83 bits per heavy atom. The minimum absolute atomic E-state index is 0.214. The molecule has 2 aromatic heterocycles. The standard InChI is InChI=1S/C14H11N3O4.C2H6/c1-15-13(18)8-3-2-4-9(7-8)20-10-5-6-16-12-11(10)21-14(19)17-12;1-2/h2-7H,1H3,(H,15,18)(H,16,17,19);1-2H3. The van der Waals surface area contributed by atoms with Crippen LogP contribution < -0.4 is 15.8 Å². The number of rotatable bonds is 3. The molecule has 0 aliphatic heterocycles. The fourth-order valence-corrected chi connectivity index (χ4v) is 1.89. The number of benzene rings is 1. The van der Waals surface area contributed by atoms with Crippen LogP contribution in [-0.4, -0.2) is 22.9 Å². The molecule has 1 aromatic carbocycles. The molecule has 0 bridgehead atoms. The van der Waals surface area contributed by atoms with Crippen molar-refractivity contribution in [3.63, 3.8) is 0 Å². The number of hydrogen-bond donors (Lipinski definition) is 2. The van der Waals surface area contributed by atoms with E-state index in [-0.39, 0.29) is 11.5 Å². The van der Waals surface area contributed by atoms with Gasteiger partial charge >= 0.3 is 5.76 Å². The summed E-state index contributed by atoms with van der Waals surface area (Å²) in [7, 11) is 1.55. The third-order valence-electron chi connectivity index (χ3n) is 2.83. The molecule has 0 aliphatic carbocycles. The lowest BCUT2D eigenvalue weighted by Crippen LogP contribution is -2.17. The van der Waals surface area contributed by atoms with Gasteiger partial charge in [-0.2, -0.15) is 0 Å². The highest BCUT2D eigenvalue weighted by atomic mass is 16.5. The van der Waals surface area contributed by atoms with Crippen LogP contribution >= 0.6 is 0 Å².